The number of hydrogen-bond acceptors (Lipinski definition) is 2. The Labute approximate surface area is 99.0 Å². The summed E-state index contributed by atoms with van der Waals surface area (Å²) in [5.74, 6) is 0.660. The van der Waals surface area contributed by atoms with Gasteiger partial charge in [0.15, 0.2) is 0 Å². The van der Waals surface area contributed by atoms with Crippen molar-refractivity contribution in [2.24, 2.45) is 0 Å². The lowest BCUT2D eigenvalue weighted by Crippen LogP contribution is -2.00. The average molecular weight is 234 g/mol. The quantitative estimate of drug-likeness (QED) is 0.816. The number of nitrogens with zero attached hydrogens (tertiary/aromatic N) is 3. The van der Waals surface area contributed by atoms with Crippen molar-refractivity contribution in [1.29, 1.82) is 0 Å². The molecule has 0 atom stereocenters. The Kier molecular flexibility index (Phi) is 2.40. The lowest BCUT2D eigenvalue weighted by atomic mass is 10.2. The van der Waals surface area contributed by atoms with Gasteiger partial charge in [-0.15, -0.1) is 5.10 Å². The summed E-state index contributed by atoms with van der Waals surface area (Å²) in [5, 5.41) is 9.07. The van der Waals surface area contributed by atoms with Gasteiger partial charge in [-0.1, -0.05) is 28.9 Å². The minimum atomic E-state index is 0.660. The van der Waals surface area contributed by atoms with Crippen LogP contribution in [0.2, 0.25) is 5.02 Å². The Balaban J connectivity index is 1.77. The minimum absolute atomic E-state index is 0.660. The van der Waals surface area contributed by atoms with Crippen molar-refractivity contribution < 1.29 is 0 Å². The highest BCUT2D eigenvalue weighted by Gasteiger charge is 2.26. The summed E-state index contributed by atoms with van der Waals surface area (Å²) in [5.41, 5.74) is 2.28. The van der Waals surface area contributed by atoms with Crippen LogP contribution >= 0.6 is 11.6 Å². The Bertz CT molecular complexity index is 502. The molecule has 3 nitrogen and oxygen atoms in total. The molecule has 0 amide bonds. The SMILES string of the molecule is Clc1cccc(Cn2cc(C3CC3)nn2)c1. The highest BCUT2D eigenvalue weighted by atomic mass is 35.5. The summed E-state index contributed by atoms with van der Waals surface area (Å²) in [4.78, 5) is 0. The van der Waals surface area contributed by atoms with Crippen molar-refractivity contribution >= 4 is 11.6 Å². The summed E-state index contributed by atoms with van der Waals surface area (Å²) in [7, 11) is 0. The average Bonchev–Trinajstić information content (AvgIpc) is 3.01. The van der Waals surface area contributed by atoms with Gasteiger partial charge in [0.25, 0.3) is 0 Å². The summed E-state index contributed by atoms with van der Waals surface area (Å²) in [6.07, 6.45) is 4.56. The van der Waals surface area contributed by atoms with Gasteiger partial charge in [0.1, 0.15) is 0 Å². The molecule has 4 heteroatoms. The molecular formula is C12H12ClN3. The van der Waals surface area contributed by atoms with Gasteiger partial charge in [-0.05, 0) is 30.5 Å². The standard InChI is InChI=1S/C12H12ClN3/c13-11-3-1-2-9(6-11)7-16-8-12(14-15-16)10-4-5-10/h1-3,6,8,10H,4-5,7H2. The van der Waals surface area contributed by atoms with E-state index in [4.69, 9.17) is 11.6 Å². The molecule has 2 aromatic rings. The van der Waals surface area contributed by atoms with Crippen LogP contribution in [0.3, 0.4) is 0 Å². The molecule has 0 aliphatic heterocycles. The third-order valence-corrected chi connectivity index (χ3v) is 3.02. The van der Waals surface area contributed by atoms with E-state index in [1.807, 2.05) is 35.1 Å². The Hall–Kier alpha value is -1.35. The van der Waals surface area contributed by atoms with Gasteiger partial charge in [0.2, 0.25) is 0 Å². The van der Waals surface area contributed by atoms with Gasteiger partial charge in [-0.25, -0.2) is 4.68 Å². The van der Waals surface area contributed by atoms with Crippen LogP contribution in [0.5, 0.6) is 0 Å². The molecule has 1 aliphatic rings. The van der Waals surface area contributed by atoms with Crippen LogP contribution in [0.1, 0.15) is 30.0 Å². The molecule has 3 rings (SSSR count). The Morgan fingerprint density at radius 2 is 2.25 bits per heavy atom. The fourth-order valence-corrected chi connectivity index (χ4v) is 1.99. The van der Waals surface area contributed by atoms with Crippen LogP contribution in [0.25, 0.3) is 0 Å². The van der Waals surface area contributed by atoms with Gasteiger partial charge in [0.05, 0.1) is 12.2 Å². The fraction of sp³-hybridized carbons (Fsp3) is 0.333. The number of rotatable bonds is 3. The zero-order valence-corrected chi connectivity index (χ0v) is 9.56. The van der Waals surface area contributed by atoms with Crippen molar-refractivity contribution in [3.05, 3.63) is 46.7 Å². The Morgan fingerprint density at radius 1 is 1.38 bits per heavy atom. The number of hydrogen-bond donors (Lipinski definition) is 0. The molecule has 0 bridgehead atoms. The van der Waals surface area contributed by atoms with Gasteiger partial charge in [-0.3, -0.25) is 0 Å². The van der Waals surface area contributed by atoms with Crippen LogP contribution in [0.4, 0.5) is 0 Å². The first kappa shape index (κ1) is 9.85. The van der Waals surface area contributed by atoms with E-state index < -0.39 is 0 Å². The van der Waals surface area contributed by atoms with E-state index in [0.29, 0.717) is 5.92 Å². The first-order chi connectivity index (χ1) is 7.81. The molecule has 0 saturated heterocycles. The van der Waals surface area contributed by atoms with Crippen LogP contribution in [-0.2, 0) is 6.54 Å². The van der Waals surface area contributed by atoms with Crippen LogP contribution in [0.15, 0.2) is 30.5 Å². The van der Waals surface area contributed by atoms with E-state index in [1.165, 1.54) is 12.8 Å². The molecular weight excluding hydrogens is 222 g/mol. The van der Waals surface area contributed by atoms with E-state index >= 15 is 0 Å². The maximum absolute atomic E-state index is 5.93. The lowest BCUT2D eigenvalue weighted by Gasteiger charge is -2.00. The van der Waals surface area contributed by atoms with Crippen molar-refractivity contribution in [1.82, 2.24) is 15.0 Å². The van der Waals surface area contributed by atoms with Crippen LogP contribution in [0, 0.1) is 0 Å². The summed E-state index contributed by atoms with van der Waals surface area (Å²) in [6, 6.07) is 7.84. The van der Waals surface area contributed by atoms with Gasteiger partial charge in [-0.2, -0.15) is 0 Å². The van der Waals surface area contributed by atoms with Gasteiger partial charge in [0, 0.05) is 17.1 Å². The molecule has 0 unspecified atom stereocenters. The van der Waals surface area contributed by atoms with E-state index in [1.54, 1.807) is 0 Å². The fourth-order valence-electron chi connectivity index (χ4n) is 1.78. The topological polar surface area (TPSA) is 30.7 Å². The van der Waals surface area contributed by atoms with Crippen molar-refractivity contribution in [2.45, 2.75) is 25.3 Å². The molecule has 1 aromatic carbocycles. The monoisotopic (exact) mass is 233 g/mol. The second-order valence-corrected chi connectivity index (χ2v) is 4.68. The molecule has 16 heavy (non-hydrogen) atoms. The predicted octanol–water partition coefficient (Wildman–Crippen LogP) is 2.86. The third kappa shape index (κ3) is 2.09. The summed E-state index contributed by atoms with van der Waals surface area (Å²) < 4.78 is 1.87. The zero-order chi connectivity index (χ0) is 11.0. The first-order valence-corrected chi connectivity index (χ1v) is 5.83. The number of benzene rings is 1. The zero-order valence-electron chi connectivity index (χ0n) is 8.81. The highest BCUT2D eigenvalue weighted by molar-refractivity contribution is 6.30. The summed E-state index contributed by atoms with van der Waals surface area (Å²) in [6.45, 7) is 0.736. The molecule has 1 saturated carbocycles. The van der Waals surface area contributed by atoms with E-state index in [2.05, 4.69) is 10.3 Å². The van der Waals surface area contributed by atoms with Crippen molar-refractivity contribution in [3.63, 3.8) is 0 Å². The van der Waals surface area contributed by atoms with Crippen LogP contribution in [-0.4, -0.2) is 15.0 Å². The van der Waals surface area contributed by atoms with E-state index in [0.717, 1.165) is 22.8 Å². The van der Waals surface area contributed by atoms with Gasteiger partial charge >= 0.3 is 0 Å². The van der Waals surface area contributed by atoms with E-state index in [9.17, 15) is 0 Å². The number of aromatic nitrogens is 3. The van der Waals surface area contributed by atoms with Crippen molar-refractivity contribution in [3.8, 4) is 0 Å². The minimum Gasteiger partial charge on any atom is -0.248 e. The molecule has 0 spiro atoms. The second-order valence-electron chi connectivity index (χ2n) is 4.25. The Morgan fingerprint density at radius 3 is 3.00 bits per heavy atom. The third-order valence-electron chi connectivity index (χ3n) is 2.79. The molecule has 0 N–H and O–H groups in total. The maximum atomic E-state index is 5.93. The molecule has 1 fully saturated rings. The molecule has 1 heterocycles. The largest absolute Gasteiger partial charge is 0.248 e. The van der Waals surface area contributed by atoms with E-state index in [-0.39, 0.29) is 0 Å². The number of halogens is 1. The summed E-state index contributed by atoms with van der Waals surface area (Å²) >= 11 is 5.93. The van der Waals surface area contributed by atoms with Crippen LogP contribution < -0.4 is 0 Å². The molecule has 0 radical (unpaired) electrons. The molecule has 82 valence electrons. The molecule has 1 aliphatic carbocycles. The smallest absolute Gasteiger partial charge is 0.0858 e. The van der Waals surface area contributed by atoms with Gasteiger partial charge < -0.3 is 0 Å². The first-order valence-electron chi connectivity index (χ1n) is 5.46. The predicted molar refractivity (Wildman–Crippen MR) is 62.6 cm³/mol. The lowest BCUT2D eigenvalue weighted by molar-refractivity contribution is 0.649. The normalized spacial score (nSPS) is 15.3. The van der Waals surface area contributed by atoms with Crippen molar-refractivity contribution in [2.75, 3.05) is 0 Å². The molecule has 1 aromatic heterocycles. The maximum Gasteiger partial charge on any atom is 0.0858 e. The highest BCUT2D eigenvalue weighted by Crippen LogP contribution is 2.38. The second kappa shape index (κ2) is 3.91.